The molecule has 0 bridgehead atoms. The molecule has 1 amide bonds. The number of nitrogens with one attached hydrogen (secondary N) is 2. The molecular weight excluding hydrogens is 395 g/mol. The third kappa shape index (κ3) is 4.27. The number of aromatic nitrogens is 1. The molecule has 1 fully saturated rings. The SMILES string of the molecule is Cc1ccc(C(F)(F)F)c(C2CCN(C(=O)C(=N)n3cc(C#N)ccc3=N)CC2)c1. The summed E-state index contributed by atoms with van der Waals surface area (Å²) < 4.78 is 41.2. The number of likely N-dealkylation sites (tertiary alicyclic amines) is 1. The highest BCUT2D eigenvalue weighted by atomic mass is 19.4. The highest BCUT2D eigenvalue weighted by Crippen LogP contribution is 2.39. The Bertz CT molecular complexity index is 1090. The first-order valence-electron chi connectivity index (χ1n) is 9.35. The molecule has 1 aromatic heterocycles. The number of carbonyl (C=O) groups is 1. The average molecular weight is 415 g/mol. The number of halogens is 3. The molecule has 6 nitrogen and oxygen atoms in total. The van der Waals surface area contributed by atoms with Gasteiger partial charge in [0, 0.05) is 19.3 Å². The van der Waals surface area contributed by atoms with Gasteiger partial charge in [0.1, 0.15) is 11.6 Å². The van der Waals surface area contributed by atoms with Crippen LogP contribution >= 0.6 is 0 Å². The molecule has 0 atom stereocenters. The number of aryl methyl sites for hydroxylation is 1. The van der Waals surface area contributed by atoms with Crippen LogP contribution in [0.5, 0.6) is 0 Å². The van der Waals surface area contributed by atoms with Crippen molar-refractivity contribution in [1.82, 2.24) is 9.47 Å². The van der Waals surface area contributed by atoms with Crippen molar-refractivity contribution in [3.8, 4) is 6.07 Å². The van der Waals surface area contributed by atoms with Crippen molar-refractivity contribution in [2.75, 3.05) is 13.1 Å². The Kier molecular flexibility index (Phi) is 5.78. The van der Waals surface area contributed by atoms with E-state index in [0.29, 0.717) is 12.8 Å². The second-order valence-corrected chi connectivity index (χ2v) is 7.29. The largest absolute Gasteiger partial charge is 0.416 e. The van der Waals surface area contributed by atoms with Crippen molar-refractivity contribution in [3.63, 3.8) is 0 Å². The van der Waals surface area contributed by atoms with Crippen LogP contribution in [-0.2, 0) is 11.0 Å². The Balaban J connectivity index is 1.76. The zero-order valence-electron chi connectivity index (χ0n) is 16.3. The molecule has 2 heterocycles. The molecule has 0 spiro atoms. The number of nitrogens with zero attached hydrogens (tertiary/aromatic N) is 3. The first kappa shape index (κ1) is 21.3. The number of piperidine rings is 1. The molecule has 0 radical (unpaired) electrons. The van der Waals surface area contributed by atoms with E-state index < -0.39 is 23.5 Å². The van der Waals surface area contributed by atoms with Gasteiger partial charge in [0.15, 0.2) is 5.84 Å². The van der Waals surface area contributed by atoms with Crippen molar-refractivity contribution in [1.29, 1.82) is 16.1 Å². The van der Waals surface area contributed by atoms with Crippen molar-refractivity contribution >= 4 is 11.7 Å². The first-order valence-corrected chi connectivity index (χ1v) is 9.35. The molecule has 1 aliphatic heterocycles. The van der Waals surface area contributed by atoms with Crippen LogP contribution in [0.15, 0.2) is 36.5 Å². The maximum absolute atomic E-state index is 13.4. The van der Waals surface area contributed by atoms with E-state index in [0.717, 1.165) is 16.2 Å². The molecule has 0 saturated carbocycles. The summed E-state index contributed by atoms with van der Waals surface area (Å²) >= 11 is 0. The Labute approximate surface area is 171 Å². The summed E-state index contributed by atoms with van der Waals surface area (Å²) in [4.78, 5) is 14.1. The van der Waals surface area contributed by atoms with Crippen molar-refractivity contribution in [3.05, 3.63) is 64.3 Å². The molecular formula is C21H20F3N5O. The monoisotopic (exact) mass is 415 g/mol. The second-order valence-electron chi connectivity index (χ2n) is 7.29. The minimum absolute atomic E-state index is 0.114. The lowest BCUT2D eigenvalue weighted by Gasteiger charge is -2.33. The Hall–Kier alpha value is -3.41. The van der Waals surface area contributed by atoms with E-state index in [4.69, 9.17) is 16.1 Å². The molecule has 1 aliphatic rings. The number of carbonyl (C=O) groups excluding carboxylic acids is 1. The summed E-state index contributed by atoms with van der Waals surface area (Å²) in [5.74, 6) is -1.43. The fraction of sp³-hybridized carbons (Fsp3) is 0.333. The summed E-state index contributed by atoms with van der Waals surface area (Å²) in [7, 11) is 0. The molecule has 1 aromatic carbocycles. The van der Waals surface area contributed by atoms with Crippen molar-refractivity contribution in [2.24, 2.45) is 0 Å². The minimum Gasteiger partial charge on any atom is -0.336 e. The van der Waals surface area contributed by atoms with Gasteiger partial charge in [-0.05, 0) is 49.4 Å². The third-order valence-corrected chi connectivity index (χ3v) is 5.26. The van der Waals surface area contributed by atoms with E-state index in [1.807, 2.05) is 6.07 Å². The molecule has 156 valence electrons. The summed E-state index contributed by atoms with van der Waals surface area (Å²) in [6.45, 7) is 2.17. The van der Waals surface area contributed by atoms with Crippen LogP contribution in [0.3, 0.4) is 0 Å². The fourth-order valence-corrected chi connectivity index (χ4v) is 3.68. The maximum atomic E-state index is 13.4. The lowest BCUT2D eigenvalue weighted by Crippen LogP contribution is -2.45. The van der Waals surface area contributed by atoms with E-state index in [-0.39, 0.29) is 35.6 Å². The number of pyridine rings is 1. The zero-order valence-corrected chi connectivity index (χ0v) is 16.3. The normalized spacial score (nSPS) is 15.0. The number of nitriles is 1. The Morgan fingerprint density at radius 3 is 2.47 bits per heavy atom. The summed E-state index contributed by atoms with van der Waals surface area (Å²) in [6.07, 6.45) is -2.49. The lowest BCUT2D eigenvalue weighted by molar-refractivity contribution is -0.138. The number of alkyl halides is 3. The van der Waals surface area contributed by atoms with Gasteiger partial charge in [-0.1, -0.05) is 17.7 Å². The quantitative estimate of drug-likeness (QED) is 0.551. The van der Waals surface area contributed by atoms with Gasteiger partial charge < -0.3 is 4.90 Å². The van der Waals surface area contributed by atoms with Crippen LogP contribution in [0.4, 0.5) is 13.2 Å². The van der Waals surface area contributed by atoms with Gasteiger partial charge in [0.25, 0.3) is 5.91 Å². The summed E-state index contributed by atoms with van der Waals surface area (Å²) in [5.41, 5.74) is 0.441. The molecule has 0 unspecified atom stereocenters. The number of rotatable bonds is 1. The third-order valence-electron chi connectivity index (χ3n) is 5.26. The van der Waals surface area contributed by atoms with Gasteiger partial charge in [-0.3, -0.25) is 20.2 Å². The van der Waals surface area contributed by atoms with Crippen LogP contribution in [0.1, 0.15) is 41.0 Å². The summed E-state index contributed by atoms with van der Waals surface area (Å²) in [6, 6.07) is 8.74. The number of hydrogen-bond acceptors (Lipinski definition) is 4. The number of amides is 1. The lowest BCUT2D eigenvalue weighted by atomic mass is 9.85. The maximum Gasteiger partial charge on any atom is 0.416 e. The van der Waals surface area contributed by atoms with E-state index in [2.05, 4.69) is 0 Å². The van der Waals surface area contributed by atoms with Gasteiger partial charge in [-0.25, -0.2) is 0 Å². The smallest absolute Gasteiger partial charge is 0.336 e. The van der Waals surface area contributed by atoms with Crippen LogP contribution in [0.2, 0.25) is 0 Å². The van der Waals surface area contributed by atoms with Crippen LogP contribution in [0.25, 0.3) is 0 Å². The molecule has 1 saturated heterocycles. The zero-order chi connectivity index (χ0) is 22.1. The van der Waals surface area contributed by atoms with Crippen molar-refractivity contribution < 1.29 is 18.0 Å². The number of benzene rings is 1. The minimum atomic E-state index is -4.44. The predicted molar refractivity (Wildman–Crippen MR) is 103 cm³/mol. The topological polar surface area (TPSA) is 96.7 Å². The van der Waals surface area contributed by atoms with E-state index in [1.165, 1.54) is 29.3 Å². The van der Waals surface area contributed by atoms with Gasteiger partial charge >= 0.3 is 6.18 Å². The van der Waals surface area contributed by atoms with Gasteiger partial charge in [-0.2, -0.15) is 18.4 Å². The van der Waals surface area contributed by atoms with Crippen molar-refractivity contribution in [2.45, 2.75) is 31.9 Å². The van der Waals surface area contributed by atoms with Crippen LogP contribution in [0, 0.1) is 29.1 Å². The van der Waals surface area contributed by atoms with Gasteiger partial charge in [0.2, 0.25) is 0 Å². The second kappa shape index (κ2) is 8.14. The van der Waals surface area contributed by atoms with Crippen LogP contribution in [-0.4, -0.2) is 34.3 Å². The standard InChI is InChI=1S/C21H20F3N5O/c1-13-2-4-17(21(22,23)24)16(10-13)15-6-8-28(9-7-15)20(30)19(27)29-12-14(11-25)3-5-18(29)26/h2-5,10,12,15,26-27H,6-9H2,1H3. The molecule has 30 heavy (non-hydrogen) atoms. The average Bonchev–Trinajstić information content (AvgIpc) is 2.72. The fourth-order valence-electron chi connectivity index (χ4n) is 3.68. The van der Waals surface area contributed by atoms with E-state index in [9.17, 15) is 18.0 Å². The molecule has 3 rings (SSSR count). The first-order chi connectivity index (χ1) is 14.1. The highest BCUT2D eigenvalue weighted by molar-refractivity contribution is 6.37. The molecule has 2 aromatic rings. The van der Waals surface area contributed by atoms with Gasteiger partial charge in [-0.15, -0.1) is 0 Å². The van der Waals surface area contributed by atoms with Crippen LogP contribution < -0.4 is 5.49 Å². The van der Waals surface area contributed by atoms with E-state index in [1.54, 1.807) is 13.0 Å². The predicted octanol–water partition coefficient (Wildman–Crippen LogP) is 3.40. The summed E-state index contributed by atoms with van der Waals surface area (Å²) in [5, 5.41) is 25.0. The van der Waals surface area contributed by atoms with E-state index >= 15 is 0 Å². The molecule has 9 heteroatoms. The van der Waals surface area contributed by atoms with Gasteiger partial charge in [0.05, 0.1) is 11.1 Å². The number of hydrogen-bond donors (Lipinski definition) is 2. The molecule has 2 N–H and O–H groups in total. The molecule has 0 aliphatic carbocycles. The highest BCUT2D eigenvalue weighted by Gasteiger charge is 2.36. The Morgan fingerprint density at radius 2 is 1.87 bits per heavy atom. The Morgan fingerprint density at radius 1 is 1.20 bits per heavy atom.